The van der Waals surface area contributed by atoms with Gasteiger partial charge in [-0.3, -0.25) is 19.0 Å². The number of alkyl halides is 1. The number of nitrogens with one attached hydrogen (secondary N) is 1. The van der Waals surface area contributed by atoms with E-state index in [1.807, 2.05) is 23.6 Å². The van der Waals surface area contributed by atoms with E-state index in [1.54, 1.807) is 30.7 Å². The fourth-order valence-corrected chi connectivity index (χ4v) is 3.64. The largest absolute Gasteiger partial charge is 0.310 e. The second-order valence-electron chi connectivity index (χ2n) is 7.60. The number of aryl methyl sites for hydroxylation is 1. The Hall–Kier alpha value is -3.68. The van der Waals surface area contributed by atoms with Crippen LogP contribution in [0.3, 0.4) is 0 Å². The van der Waals surface area contributed by atoms with Gasteiger partial charge in [0.15, 0.2) is 5.78 Å². The van der Waals surface area contributed by atoms with E-state index in [2.05, 4.69) is 20.3 Å². The van der Waals surface area contributed by atoms with Gasteiger partial charge in [0.25, 0.3) is 0 Å². The number of imidazole rings is 1. The minimum absolute atomic E-state index is 0.0850. The van der Waals surface area contributed by atoms with Crippen LogP contribution >= 0.6 is 0 Å². The number of fused-ring (bicyclic) bond motifs is 3. The van der Waals surface area contributed by atoms with Crippen molar-refractivity contribution in [3.05, 3.63) is 54.2 Å². The Kier molecular flexibility index (Phi) is 4.09. The maximum Gasteiger partial charge on any atom is 0.231 e. The summed E-state index contributed by atoms with van der Waals surface area (Å²) < 4.78 is 15.1. The maximum absolute atomic E-state index is 13.1. The van der Waals surface area contributed by atoms with Gasteiger partial charge in [0, 0.05) is 54.3 Å². The van der Waals surface area contributed by atoms with E-state index in [1.165, 1.54) is 6.92 Å². The number of hydrogen-bond acceptors (Lipinski definition) is 5. The third kappa shape index (κ3) is 3.01. The Morgan fingerprint density at radius 3 is 2.63 bits per heavy atom. The Morgan fingerprint density at radius 2 is 1.93 bits per heavy atom. The molecule has 30 heavy (non-hydrogen) atoms. The first-order valence-corrected chi connectivity index (χ1v) is 9.61. The van der Waals surface area contributed by atoms with Gasteiger partial charge >= 0.3 is 0 Å². The number of amides is 1. The number of nitrogens with zero attached hydrogens (tertiary/aromatic N) is 4. The lowest BCUT2D eigenvalue weighted by atomic mass is 10.0. The summed E-state index contributed by atoms with van der Waals surface area (Å²) in [5, 5.41) is 3.54. The summed E-state index contributed by atoms with van der Waals surface area (Å²) in [6.45, 7) is 3.42. The van der Waals surface area contributed by atoms with Gasteiger partial charge < -0.3 is 5.32 Å². The highest BCUT2D eigenvalue weighted by Gasteiger charge is 2.43. The molecular weight excluding hydrogens is 385 g/mol. The van der Waals surface area contributed by atoms with E-state index in [4.69, 9.17) is 0 Å². The Labute approximate surface area is 171 Å². The number of anilines is 1. The summed E-state index contributed by atoms with van der Waals surface area (Å²) in [5.41, 5.74) is 4.61. The summed E-state index contributed by atoms with van der Waals surface area (Å²) in [6.07, 6.45) is 6.09. The fraction of sp³-hybridized carbons (Fsp3) is 0.227. The van der Waals surface area contributed by atoms with Crippen molar-refractivity contribution >= 4 is 34.1 Å². The molecule has 4 heterocycles. The molecule has 1 aliphatic rings. The van der Waals surface area contributed by atoms with Crippen LogP contribution in [0, 0.1) is 12.8 Å². The summed E-state index contributed by atoms with van der Waals surface area (Å²) in [6, 6.07) is 5.49. The normalized spacial score (nSPS) is 18.0. The molecule has 4 aromatic rings. The van der Waals surface area contributed by atoms with Gasteiger partial charge in [-0.15, -0.1) is 0 Å². The number of ketones is 1. The van der Waals surface area contributed by atoms with Gasteiger partial charge in [0.05, 0.1) is 11.4 Å². The molecule has 8 heteroatoms. The zero-order valence-electron chi connectivity index (χ0n) is 16.4. The van der Waals surface area contributed by atoms with Gasteiger partial charge in [-0.2, -0.15) is 0 Å². The Balaban J connectivity index is 1.61. The molecule has 0 saturated heterocycles. The van der Waals surface area contributed by atoms with Gasteiger partial charge in [0.2, 0.25) is 5.91 Å². The number of halogens is 1. The van der Waals surface area contributed by atoms with Crippen molar-refractivity contribution < 1.29 is 14.0 Å². The van der Waals surface area contributed by atoms with Crippen LogP contribution in [0.4, 0.5) is 10.2 Å². The summed E-state index contributed by atoms with van der Waals surface area (Å²) in [5.74, 6) is -0.636. The minimum Gasteiger partial charge on any atom is -0.310 e. The first kappa shape index (κ1) is 18.4. The van der Waals surface area contributed by atoms with Crippen LogP contribution in [0.15, 0.2) is 43.0 Å². The molecular formula is C22H18FN5O2. The van der Waals surface area contributed by atoms with Crippen molar-refractivity contribution in [3.8, 4) is 11.1 Å². The van der Waals surface area contributed by atoms with Crippen LogP contribution in [-0.4, -0.2) is 37.2 Å². The van der Waals surface area contributed by atoms with Crippen LogP contribution in [0.25, 0.3) is 27.7 Å². The lowest BCUT2D eigenvalue weighted by Gasteiger charge is -2.12. The number of carbonyl (C=O) groups is 2. The smallest absolute Gasteiger partial charge is 0.231 e. The molecule has 0 unspecified atom stereocenters. The van der Waals surface area contributed by atoms with Crippen molar-refractivity contribution in [2.24, 2.45) is 5.92 Å². The predicted octanol–water partition coefficient (Wildman–Crippen LogP) is 3.75. The van der Waals surface area contributed by atoms with Crippen molar-refractivity contribution in [1.82, 2.24) is 19.4 Å². The van der Waals surface area contributed by atoms with Gasteiger partial charge in [-0.05, 0) is 31.0 Å². The average Bonchev–Trinajstić information content (AvgIpc) is 3.25. The van der Waals surface area contributed by atoms with Crippen molar-refractivity contribution in [2.45, 2.75) is 26.4 Å². The van der Waals surface area contributed by atoms with Gasteiger partial charge in [-0.1, -0.05) is 0 Å². The second kappa shape index (κ2) is 6.69. The number of aromatic nitrogens is 4. The van der Waals surface area contributed by atoms with E-state index >= 15 is 0 Å². The highest BCUT2D eigenvalue weighted by Crippen LogP contribution is 2.35. The number of pyridine rings is 3. The van der Waals surface area contributed by atoms with Crippen LogP contribution in [0.1, 0.15) is 29.4 Å². The zero-order chi connectivity index (χ0) is 21.0. The monoisotopic (exact) mass is 403 g/mol. The summed E-state index contributed by atoms with van der Waals surface area (Å²) in [4.78, 5) is 36.8. The van der Waals surface area contributed by atoms with E-state index in [0.29, 0.717) is 11.5 Å². The van der Waals surface area contributed by atoms with E-state index in [-0.39, 0.29) is 18.1 Å². The molecule has 0 radical (unpaired) electrons. The molecule has 1 saturated carbocycles. The Morgan fingerprint density at radius 1 is 1.13 bits per heavy atom. The molecule has 1 N–H and O–H groups in total. The number of hydrogen-bond donors (Lipinski definition) is 1. The first-order chi connectivity index (χ1) is 14.4. The molecule has 5 rings (SSSR count). The molecule has 4 aromatic heterocycles. The van der Waals surface area contributed by atoms with Crippen LogP contribution in [0.5, 0.6) is 0 Å². The van der Waals surface area contributed by atoms with Gasteiger partial charge in [-0.25, -0.2) is 14.4 Å². The second-order valence-corrected chi connectivity index (χ2v) is 7.60. The number of rotatable bonds is 4. The highest BCUT2D eigenvalue weighted by atomic mass is 19.1. The van der Waals surface area contributed by atoms with E-state index < -0.39 is 12.1 Å². The number of carbonyl (C=O) groups excluding carboxylic acids is 2. The Bertz CT molecular complexity index is 1350. The first-order valence-electron chi connectivity index (χ1n) is 9.61. The van der Waals surface area contributed by atoms with Gasteiger partial charge in [0.1, 0.15) is 23.3 Å². The molecule has 150 valence electrons. The van der Waals surface area contributed by atoms with Crippen LogP contribution < -0.4 is 5.32 Å². The highest BCUT2D eigenvalue weighted by molar-refractivity contribution is 5.98. The predicted molar refractivity (Wildman–Crippen MR) is 110 cm³/mol. The van der Waals surface area contributed by atoms with Crippen LogP contribution in [-0.2, 0) is 4.79 Å². The van der Waals surface area contributed by atoms with Crippen molar-refractivity contribution in [2.75, 3.05) is 5.32 Å². The SMILES string of the molecule is CC(=O)c1cc(C)c(-c2cc3cnc(NC(=O)[C@@H]4C[C@@H]4F)cc3n3ccnc23)cn1. The van der Waals surface area contributed by atoms with Crippen LogP contribution in [0.2, 0.25) is 0 Å². The molecule has 2 atom stereocenters. The lowest BCUT2D eigenvalue weighted by Crippen LogP contribution is -2.16. The molecule has 0 bridgehead atoms. The average molecular weight is 403 g/mol. The molecule has 7 nitrogen and oxygen atoms in total. The number of Topliss-reactive ketones (excluding diaryl/α,β-unsaturated/α-hetero) is 1. The fourth-order valence-electron chi connectivity index (χ4n) is 3.64. The molecule has 1 aliphatic carbocycles. The minimum atomic E-state index is -1.06. The molecule has 0 aliphatic heterocycles. The third-order valence-corrected chi connectivity index (χ3v) is 5.42. The van der Waals surface area contributed by atoms with Crippen molar-refractivity contribution in [3.63, 3.8) is 0 Å². The molecule has 1 fully saturated rings. The van der Waals surface area contributed by atoms with E-state index in [0.717, 1.165) is 33.2 Å². The summed E-state index contributed by atoms with van der Waals surface area (Å²) >= 11 is 0. The molecule has 0 spiro atoms. The maximum atomic E-state index is 13.1. The van der Waals surface area contributed by atoms with Crippen molar-refractivity contribution in [1.29, 1.82) is 0 Å². The quantitative estimate of drug-likeness (QED) is 0.524. The van der Waals surface area contributed by atoms with E-state index in [9.17, 15) is 14.0 Å². The summed E-state index contributed by atoms with van der Waals surface area (Å²) in [7, 11) is 0. The topological polar surface area (TPSA) is 89.2 Å². The standard InChI is InChI=1S/C22H18FN5O2/c1-11-5-18(12(2)29)25-10-16(11)14-6-13-9-26-20(27-22(30)15-7-17(15)23)8-19(13)28-4-3-24-21(14)28/h3-6,8-10,15,17H,7H2,1-2H3,(H,26,27,30)/t15-,17+/m1/s1. The lowest BCUT2D eigenvalue weighted by molar-refractivity contribution is -0.117. The molecule has 1 amide bonds. The zero-order valence-corrected chi connectivity index (χ0v) is 16.4. The molecule has 0 aromatic carbocycles. The third-order valence-electron chi connectivity index (χ3n) is 5.42.